The van der Waals surface area contributed by atoms with E-state index in [0.29, 0.717) is 11.4 Å². The second-order valence-corrected chi connectivity index (χ2v) is 4.45. The average molecular weight is 267 g/mol. The van der Waals surface area contributed by atoms with Gasteiger partial charge in [-0.15, -0.1) is 0 Å². The number of fused-ring (bicyclic) bond motifs is 1. The molecule has 0 fully saturated rings. The summed E-state index contributed by atoms with van der Waals surface area (Å²) in [5.41, 5.74) is 8.69. The summed E-state index contributed by atoms with van der Waals surface area (Å²) in [6.07, 6.45) is 1.53. The number of aromatic nitrogens is 3. The first kappa shape index (κ1) is 12.2. The van der Waals surface area contributed by atoms with Gasteiger partial charge < -0.3 is 16.0 Å². The van der Waals surface area contributed by atoms with Crippen molar-refractivity contribution in [1.29, 1.82) is 0 Å². The van der Waals surface area contributed by atoms with Crippen LogP contribution >= 0.6 is 0 Å². The maximum Gasteiger partial charge on any atom is 0.276 e. The Hall–Kier alpha value is -2.89. The van der Waals surface area contributed by atoms with Gasteiger partial charge in [-0.2, -0.15) is 0 Å². The normalized spacial score (nSPS) is 10.7. The number of aryl methyl sites for hydroxylation is 1. The van der Waals surface area contributed by atoms with Crippen LogP contribution in [-0.4, -0.2) is 20.9 Å². The smallest absolute Gasteiger partial charge is 0.276 e. The van der Waals surface area contributed by atoms with E-state index in [1.807, 2.05) is 19.1 Å². The maximum atomic E-state index is 12.1. The molecule has 6 nitrogen and oxygen atoms in total. The molecular weight excluding hydrogens is 254 g/mol. The molecule has 2 heterocycles. The lowest BCUT2D eigenvalue weighted by atomic mass is 10.2. The third-order valence-corrected chi connectivity index (χ3v) is 2.91. The van der Waals surface area contributed by atoms with Gasteiger partial charge in [0.15, 0.2) is 5.69 Å². The van der Waals surface area contributed by atoms with E-state index in [4.69, 9.17) is 5.73 Å². The molecule has 100 valence electrons. The number of rotatable bonds is 2. The summed E-state index contributed by atoms with van der Waals surface area (Å²) < 4.78 is 0. The number of amides is 1. The van der Waals surface area contributed by atoms with E-state index in [0.717, 1.165) is 16.9 Å². The predicted molar refractivity (Wildman–Crippen MR) is 77.4 cm³/mol. The molecule has 0 spiro atoms. The molecule has 3 aromatic rings. The second kappa shape index (κ2) is 4.65. The highest BCUT2D eigenvalue weighted by atomic mass is 16.1. The molecule has 0 saturated heterocycles. The molecule has 0 saturated carbocycles. The number of carbonyl (C=O) groups is 1. The number of nitrogen functional groups attached to an aromatic ring is 1. The largest absolute Gasteiger partial charge is 0.397 e. The number of anilines is 2. The Morgan fingerprint density at radius 1 is 1.35 bits per heavy atom. The zero-order chi connectivity index (χ0) is 14.1. The number of nitrogens with one attached hydrogen (secondary N) is 2. The van der Waals surface area contributed by atoms with Crippen LogP contribution in [0, 0.1) is 6.92 Å². The molecule has 6 heteroatoms. The fourth-order valence-electron chi connectivity index (χ4n) is 2.01. The monoisotopic (exact) mass is 267 g/mol. The van der Waals surface area contributed by atoms with Crippen molar-refractivity contribution < 1.29 is 4.79 Å². The van der Waals surface area contributed by atoms with Crippen LogP contribution in [0.25, 0.3) is 11.0 Å². The van der Waals surface area contributed by atoms with Crippen molar-refractivity contribution in [2.45, 2.75) is 6.92 Å². The van der Waals surface area contributed by atoms with Crippen LogP contribution in [-0.2, 0) is 0 Å². The van der Waals surface area contributed by atoms with Gasteiger partial charge in [0.05, 0.1) is 16.7 Å². The zero-order valence-electron chi connectivity index (χ0n) is 10.8. The zero-order valence-corrected chi connectivity index (χ0v) is 10.8. The number of nitrogens with two attached hydrogens (primary N) is 1. The number of nitrogens with zero attached hydrogens (tertiary/aromatic N) is 2. The van der Waals surface area contributed by atoms with E-state index in [1.165, 1.54) is 6.20 Å². The van der Waals surface area contributed by atoms with Crippen LogP contribution in [0.15, 0.2) is 36.5 Å². The number of benzene rings is 1. The number of aromatic amines is 1. The Balaban J connectivity index is 1.89. The summed E-state index contributed by atoms with van der Waals surface area (Å²) in [6, 6.07) is 8.79. The van der Waals surface area contributed by atoms with Crippen LogP contribution in [0.2, 0.25) is 0 Å². The van der Waals surface area contributed by atoms with Gasteiger partial charge >= 0.3 is 0 Å². The van der Waals surface area contributed by atoms with Gasteiger partial charge in [-0.25, -0.2) is 9.97 Å². The lowest BCUT2D eigenvalue weighted by molar-refractivity contribution is 0.102. The molecule has 4 N–H and O–H groups in total. The Kier molecular flexibility index (Phi) is 2.83. The first-order valence-corrected chi connectivity index (χ1v) is 6.12. The molecular formula is C14H13N5O. The number of hydrogen-bond acceptors (Lipinski definition) is 4. The SMILES string of the molecule is Cc1nc2ccc(NC(=O)c3ncccc3N)cc2[nH]1. The highest BCUT2D eigenvalue weighted by Crippen LogP contribution is 2.18. The number of hydrogen-bond donors (Lipinski definition) is 3. The van der Waals surface area contributed by atoms with Gasteiger partial charge in [-0.05, 0) is 37.3 Å². The van der Waals surface area contributed by atoms with E-state index in [1.54, 1.807) is 18.2 Å². The average Bonchev–Trinajstić information content (AvgIpc) is 2.78. The fraction of sp³-hybridized carbons (Fsp3) is 0.0714. The van der Waals surface area contributed by atoms with E-state index >= 15 is 0 Å². The molecule has 0 radical (unpaired) electrons. The van der Waals surface area contributed by atoms with Crippen molar-refractivity contribution >= 4 is 28.3 Å². The highest BCUT2D eigenvalue weighted by Gasteiger charge is 2.11. The van der Waals surface area contributed by atoms with Crippen molar-refractivity contribution in [2.24, 2.45) is 0 Å². The summed E-state index contributed by atoms with van der Waals surface area (Å²) in [4.78, 5) is 23.5. The predicted octanol–water partition coefficient (Wildman–Crippen LogP) is 2.10. The number of carbonyl (C=O) groups excluding carboxylic acids is 1. The van der Waals surface area contributed by atoms with Crippen LogP contribution in [0.1, 0.15) is 16.3 Å². The van der Waals surface area contributed by atoms with E-state index in [9.17, 15) is 4.79 Å². The molecule has 3 rings (SSSR count). The minimum Gasteiger partial charge on any atom is -0.397 e. The third kappa shape index (κ3) is 2.18. The molecule has 2 aromatic heterocycles. The van der Waals surface area contributed by atoms with Crippen LogP contribution in [0.4, 0.5) is 11.4 Å². The summed E-state index contributed by atoms with van der Waals surface area (Å²) >= 11 is 0. The maximum absolute atomic E-state index is 12.1. The van der Waals surface area contributed by atoms with Crippen molar-refractivity contribution in [1.82, 2.24) is 15.0 Å². The van der Waals surface area contributed by atoms with Gasteiger partial charge in [0, 0.05) is 11.9 Å². The molecule has 0 unspecified atom stereocenters. The molecule has 1 amide bonds. The first-order valence-electron chi connectivity index (χ1n) is 6.12. The Morgan fingerprint density at radius 3 is 3.00 bits per heavy atom. The van der Waals surface area contributed by atoms with Crippen LogP contribution < -0.4 is 11.1 Å². The molecule has 0 aliphatic rings. The fourth-order valence-corrected chi connectivity index (χ4v) is 2.01. The van der Waals surface area contributed by atoms with Crippen molar-refractivity contribution in [3.8, 4) is 0 Å². The summed E-state index contributed by atoms with van der Waals surface area (Å²) in [5, 5.41) is 2.77. The topological polar surface area (TPSA) is 96.7 Å². The Labute approximate surface area is 115 Å². The van der Waals surface area contributed by atoms with Gasteiger partial charge in [0.25, 0.3) is 5.91 Å². The van der Waals surface area contributed by atoms with E-state index < -0.39 is 0 Å². The van der Waals surface area contributed by atoms with Crippen molar-refractivity contribution in [2.75, 3.05) is 11.1 Å². The molecule has 20 heavy (non-hydrogen) atoms. The van der Waals surface area contributed by atoms with Crippen molar-refractivity contribution in [3.63, 3.8) is 0 Å². The quantitative estimate of drug-likeness (QED) is 0.662. The summed E-state index contributed by atoms with van der Waals surface area (Å²) in [5.74, 6) is 0.496. The third-order valence-electron chi connectivity index (χ3n) is 2.91. The second-order valence-electron chi connectivity index (χ2n) is 4.45. The molecule has 0 atom stereocenters. The van der Waals surface area contributed by atoms with E-state index in [2.05, 4.69) is 20.3 Å². The lowest BCUT2D eigenvalue weighted by Crippen LogP contribution is -2.15. The minimum absolute atomic E-state index is 0.216. The van der Waals surface area contributed by atoms with Crippen LogP contribution in [0.3, 0.4) is 0 Å². The highest BCUT2D eigenvalue weighted by molar-refractivity contribution is 6.06. The standard InChI is InChI=1S/C14H13N5O/c1-8-17-11-5-4-9(7-12(11)18-8)19-14(20)13-10(15)3-2-6-16-13/h2-7H,15H2,1H3,(H,17,18)(H,19,20). The Bertz CT molecular complexity index is 793. The minimum atomic E-state index is -0.335. The summed E-state index contributed by atoms with van der Waals surface area (Å²) in [7, 11) is 0. The summed E-state index contributed by atoms with van der Waals surface area (Å²) in [6.45, 7) is 1.88. The molecule has 1 aromatic carbocycles. The van der Waals surface area contributed by atoms with Gasteiger partial charge in [0.2, 0.25) is 0 Å². The number of H-pyrrole nitrogens is 1. The van der Waals surface area contributed by atoms with Crippen molar-refractivity contribution in [3.05, 3.63) is 48.0 Å². The van der Waals surface area contributed by atoms with Gasteiger partial charge in [0.1, 0.15) is 5.82 Å². The Morgan fingerprint density at radius 2 is 2.20 bits per heavy atom. The number of pyridine rings is 1. The van der Waals surface area contributed by atoms with E-state index in [-0.39, 0.29) is 11.6 Å². The molecule has 0 aliphatic heterocycles. The van der Waals surface area contributed by atoms with Gasteiger partial charge in [-0.1, -0.05) is 0 Å². The molecule has 0 aliphatic carbocycles. The van der Waals surface area contributed by atoms with Gasteiger partial charge in [-0.3, -0.25) is 4.79 Å². The first-order chi connectivity index (χ1) is 9.63. The molecule has 0 bridgehead atoms. The van der Waals surface area contributed by atoms with Crippen LogP contribution in [0.5, 0.6) is 0 Å². The lowest BCUT2D eigenvalue weighted by Gasteiger charge is -2.06. The number of imidazole rings is 1.